The smallest absolute Gasteiger partial charge is 0.345 e. The molecule has 1 aliphatic heterocycles. The fourth-order valence-corrected chi connectivity index (χ4v) is 2.69. The quantitative estimate of drug-likeness (QED) is 0.490. The summed E-state index contributed by atoms with van der Waals surface area (Å²) in [6.07, 6.45) is -3.68. The molecule has 1 aromatic carbocycles. The molecule has 4 N–H and O–H groups in total. The van der Waals surface area contributed by atoms with Gasteiger partial charge in [-0.3, -0.25) is 0 Å². The molecule has 1 aliphatic rings. The molecule has 0 amide bonds. The Balaban J connectivity index is 2.31. The van der Waals surface area contributed by atoms with E-state index in [2.05, 4.69) is 0 Å². The molecule has 0 saturated carbocycles. The number of carbonyl (C=O) groups is 2. The van der Waals surface area contributed by atoms with Gasteiger partial charge in [0.05, 0.1) is 5.52 Å². The van der Waals surface area contributed by atoms with Crippen molar-refractivity contribution >= 4 is 22.8 Å². The van der Waals surface area contributed by atoms with Crippen LogP contribution in [0.5, 0.6) is 11.6 Å². The molecule has 3 rings (SSSR count). The molecule has 0 saturated heterocycles. The summed E-state index contributed by atoms with van der Waals surface area (Å²) in [4.78, 5) is 23.9. The maximum Gasteiger partial charge on any atom is 0.345 e. The standard InChI is InChI=1S/C15H16N2O6/c1-17-8-3-2-4-9-10(8)7(5-6-16)13(17)23-15(21)12(19)11(18)14(20)22-9/h2-4,11-12,18-19H,5-6,16H2,1H3. The number of fused-ring (bicyclic) bond motifs is 1. The van der Waals surface area contributed by atoms with Crippen molar-refractivity contribution in [3.63, 3.8) is 0 Å². The molecule has 2 heterocycles. The first-order valence-electron chi connectivity index (χ1n) is 7.05. The molecule has 2 bridgehead atoms. The van der Waals surface area contributed by atoms with Gasteiger partial charge in [-0.05, 0) is 25.1 Å². The normalized spacial score (nSPS) is 21.4. The molecular formula is C15H16N2O6. The molecule has 0 spiro atoms. The second kappa shape index (κ2) is 5.65. The number of nitrogens with zero attached hydrogens (tertiary/aromatic N) is 1. The zero-order chi connectivity index (χ0) is 16.7. The van der Waals surface area contributed by atoms with Crippen LogP contribution >= 0.6 is 0 Å². The van der Waals surface area contributed by atoms with Gasteiger partial charge in [0.15, 0.2) is 12.2 Å². The van der Waals surface area contributed by atoms with Crippen LogP contribution in [0.2, 0.25) is 0 Å². The van der Waals surface area contributed by atoms with E-state index in [0.717, 1.165) is 0 Å². The van der Waals surface area contributed by atoms with Crippen LogP contribution in [0.25, 0.3) is 10.9 Å². The van der Waals surface area contributed by atoms with E-state index < -0.39 is 24.1 Å². The fraction of sp³-hybridized carbons (Fsp3) is 0.333. The Bertz CT molecular complexity index is 797. The molecule has 2 aromatic rings. The minimum Gasteiger partial charge on any atom is -0.424 e. The van der Waals surface area contributed by atoms with Crippen molar-refractivity contribution in [2.24, 2.45) is 12.8 Å². The summed E-state index contributed by atoms with van der Waals surface area (Å²) < 4.78 is 12.0. The zero-order valence-electron chi connectivity index (χ0n) is 12.4. The molecule has 0 fully saturated rings. The van der Waals surface area contributed by atoms with Gasteiger partial charge in [-0.25, -0.2) is 9.59 Å². The van der Waals surface area contributed by atoms with Gasteiger partial charge in [-0.15, -0.1) is 0 Å². The molecule has 122 valence electrons. The van der Waals surface area contributed by atoms with Gasteiger partial charge in [0.1, 0.15) is 5.75 Å². The van der Waals surface area contributed by atoms with Gasteiger partial charge in [-0.1, -0.05) is 6.07 Å². The lowest BCUT2D eigenvalue weighted by Gasteiger charge is -2.18. The first-order valence-corrected chi connectivity index (χ1v) is 7.05. The van der Waals surface area contributed by atoms with Crippen molar-refractivity contribution < 1.29 is 29.3 Å². The second-order valence-electron chi connectivity index (χ2n) is 5.26. The van der Waals surface area contributed by atoms with Crippen molar-refractivity contribution in [2.45, 2.75) is 18.6 Å². The molecule has 0 radical (unpaired) electrons. The van der Waals surface area contributed by atoms with E-state index in [1.165, 1.54) is 0 Å². The predicted octanol–water partition coefficient (Wildman–Crippen LogP) is -0.774. The Morgan fingerprint density at radius 3 is 2.48 bits per heavy atom. The fourth-order valence-electron chi connectivity index (χ4n) is 2.69. The molecule has 8 heteroatoms. The Morgan fingerprint density at radius 2 is 1.83 bits per heavy atom. The number of hydrogen-bond acceptors (Lipinski definition) is 7. The first-order chi connectivity index (χ1) is 11.0. The molecule has 8 nitrogen and oxygen atoms in total. The lowest BCUT2D eigenvalue weighted by atomic mass is 10.1. The summed E-state index contributed by atoms with van der Waals surface area (Å²) in [5, 5.41) is 20.1. The lowest BCUT2D eigenvalue weighted by molar-refractivity contribution is -0.162. The zero-order valence-corrected chi connectivity index (χ0v) is 12.4. The largest absolute Gasteiger partial charge is 0.424 e. The van der Waals surface area contributed by atoms with E-state index in [1.54, 1.807) is 29.8 Å². The Kier molecular flexibility index (Phi) is 3.80. The van der Waals surface area contributed by atoms with Crippen LogP contribution in [0.4, 0.5) is 0 Å². The van der Waals surface area contributed by atoms with E-state index in [9.17, 15) is 19.8 Å². The van der Waals surface area contributed by atoms with Crippen molar-refractivity contribution in [3.05, 3.63) is 23.8 Å². The summed E-state index contributed by atoms with van der Waals surface area (Å²) in [6, 6.07) is 5.00. The summed E-state index contributed by atoms with van der Waals surface area (Å²) in [5.41, 5.74) is 6.90. The minimum absolute atomic E-state index is 0.201. The van der Waals surface area contributed by atoms with Crippen LogP contribution in [0.1, 0.15) is 5.56 Å². The number of ether oxygens (including phenoxy) is 2. The monoisotopic (exact) mass is 320 g/mol. The average Bonchev–Trinajstić information content (AvgIpc) is 2.79. The summed E-state index contributed by atoms with van der Waals surface area (Å²) >= 11 is 0. The van der Waals surface area contributed by atoms with Crippen molar-refractivity contribution in [3.8, 4) is 11.6 Å². The highest BCUT2D eigenvalue weighted by Crippen LogP contribution is 2.38. The van der Waals surface area contributed by atoms with E-state index in [1.807, 2.05) is 0 Å². The third-order valence-corrected chi connectivity index (χ3v) is 3.81. The molecule has 2 unspecified atom stereocenters. The van der Waals surface area contributed by atoms with E-state index >= 15 is 0 Å². The van der Waals surface area contributed by atoms with Crippen molar-refractivity contribution in [1.29, 1.82) is 0 Å². The number of rotatable bonds is 2. The van der Waals surface area contributed by atoms with Gasteiger partial charge in [0, 0.05) is 18.0 Å². The van der Waals surface area contributed by atoms with E-state index in [0.29, 0.717) is 22.9 Å². The molecule has 1 aromatic heterocycles. The van der Waals surface area contributed by atoms with Crippen molar-refractivity contribution in [1.82, 2.24) is 4.57 Å². The number of esters is 2. The molecule has 2 atom stereocenters. The second-order valence-corrected chi connectivity index (χ2v) is 5.26. The number of nitrogens with two attached hydrogens (primary N) is 1. The first kappa shape index (κ1) is 15.5. The number of benzene rings is 1. The summed E-state index contributed by atoms with van der Waals surface area (Å²) in [7, 11) is 1.68. The number of aliphatic hydroxyl groups excluding tert-OH is 2. The SMILES string of the molecule is Cn1c2c(CCN)c3c(cccc31)OC(=O)C(O)C(O)C(=O)O2. The number of carbonyl (C=O) groups excluding carboxylic acids is 2. The van der Waals surface area contributed by atoms with Crippen LogP contribution in [-0.2, 0) is 23.1 Å². The molecule has 0 aliphatic carbocycles. The third kappa shape index (κ3) is 2.37. The van der Waals surface area contributed by atoms with Gasteiger partial charge in [-0.2, -0.15) is 0 Å². The molecular weight excluding hydrogens is 304 g/mol. The van der Waals surface area contributed by atoms with Crippen molar-refractivity contribution in [2.75, 3.05) is 6.54 Å². The van der Waals surface area contributed by atoms with Crippen LogP contribution in [-0.4, -0.2) is 45.5 Å². The maximum absolute atomic E-state index is 12.0. The maximum atomic E-state index is 12.0. The Morgan fingerprint density at radius 1 is 1.17 bits per heavy atom. The lowest BCUT2D eigenvalue weighted by Crippen LogP contribution is -2.44. The van der Waals surface area contributed by atoms with Crippen LogP contribution in [0.15, 0.2) is 18.2 Å². The number of aromatic nitrogens is 1. The number of aryl methyl sites for hydroxylation is 1. The summed E-state index contributed by atoms with van der Waals surface area (Å²) in [5.74, 6) is -1.86. The Hall–Kier alpha value is -2.42. The van der Waals surface area contributed by atoms with Crippen LogP contribution in [0, 0.1) is 0 Å². The van der Waals surface area contributed by atoms with Gasteiger partial charge in [0.2, 0.25) is 5.88 Å². The third-order valence-electron chi connectivity index (χ3n) is 3.81. The topological polar surface area (TPSA) is 124 Å². The van der Waals surface area contributed by atoms with Gasteiger partial charge >= 0.3 is 11.9 Å². The van der Waals surface area contributed by atoms with Gasteiger partial charge < -0.3 is 30.0 Å². The van der Waals surface area contributed by atoms with Gasteiger partial charge in [0.25, 0.3) is 0 Å². The van der Waals surface area contributed by atoms with E-state index in [4.69, 9.17) is 15.2 Å². The van der Waals surface area contributed by atoms with Crippen LogP contribution < -0.4 is 15.2 Å². The molecule has 23 heavy (non-hydrogen) atoms. The Labute approximate surface area is 131 Å². The number of aliphatic hydroxyl groups is 2. The summed E-state index contributed by atoms with van der Waals surface area (Å²) in [6.45, 7) is 0.289. The predicted molar refractivity (Wildman–Crippen MR) is 79.0 cm³/mol. The minimum atomic E-state index is -2.04. The highest BCUT2D eigenvalue weighted by atomic mass is 16.6. The van der Waals surface area contributed by atoms with E-state index in [-0.39, 0.29) is 18.2 Å². The van der Waals surface area contributed by atoms with Crippen LogP contribution in [0.3, 0.4) is 0 Å². The highest BCUT2D eigenvalue weighted by Gasteiger charge is 2.36. The average molecular weight is 320 g/mol. The number of hydrogen-bond donors (Lipinski definition) is 3. The highest BCUT2D eigenvalue weighted by molar-refractivity contribution is 5.97.